The largest absolute Gasteiger partial charge is 0.748 e. The number of aromatic nitrogens is 1. The molecule has 0 aliphatic carbocycles. The number of pyridine rings is 1. The van der Waals surface area contributed by atoms with Crippen LogP contribution in [0.15, 0.2) is 48.8 Å². The summed E-state index contributed by atoms with van der Waals surface area (Å²) in [4.78, 5) is 37.5. The Balaban J connectivity index is 1.79. The Labute approximate surface area is 317 Å². The highest BCUT2D eigenvalue weighted by atomic mass is 32.2. The van der Waals surface area contributed by atoms with Crippen molar-refractivity contribution in [3.8, 4) is 0 Å². The van der Waals surface area contributed by atoms with Crippen LogP contribution in [-0.4, -0.2) is 64.6 Å². The molecule has 13 nitrogen and oxygen atoms in total. The van der Waals surface area contributed by atoms with Crippen molar-refractivity contribution in [1.82, 2.24) is 0 Å². The van der Waals surface area contributed by atoms with Crippen LogP contribution < -0.4 is 9.47 Å². The first-order chi connectivity index (χ1) is 25.2. The Kier molecular flexibility index (Phi) is 23.8. The van der Waals surface area contributed by atoms with Gasteiger partial charge in [-0.15, -0.1) is 0 Å². The van der Waals surface area contributed by atoms with E-state index in [9.17, 15) is 22.1 Å². The minimum atomic E-state index is -4.37. The Bertz CT molecular complexity index is 1440. The number of nitrogens with zero attached hydrogens (tertiary/aromatic N) is 2. The molecule has 53 heavy (non-hydrogen) atoms. The maximum Gasteiger partial charge on any atom is 0.469 e. The maximum atomic E-state index is 10.8. The van der Waals surface area contributed by atoms with Crippen molar-refractivity contribution in [3.63, 3.8) is 0 Å². The van der Waals surface area contributed by atoms with Gasteiger partial charge in [-0.1, -0.05) is 101 Å². The van der Waals surface area contributed by atoms with Crippen LogP contribution in [0, 0.1) is 0 Å². The third-order valence-corrected chi connectivity index (χ3v) is 10.7. The van der Waals surface area contributed by atoms with Gasteiger partial charge in [0.25, 0.3) is 0 Å². The Morgan fingerprint density at radius 2 is 0.981 bits per heavy atom. The van der Waals surface area contributed by atoms with E-state index in [1.807, 2.05) is 29.1 Å². The average molecular weight is 805 g/mol. The van der Waals surface area contributed by atoms with E-state index in [-0.39, 0.29) is 19.0 Å². The van der Waals surface area contributed by atoms with Crippen molar-refractivity contribution in [1.29, 1.82) is 0 Å². The highest BCUT2D eigenvalue weighted by Gasteiger charge is 2.13. The zero-order chi connectivity index (χ0) is 38.8. The fourth-order valence-electron chi connectivity index (χ4n) is 5.96. The van der Waals surface area contributed by atoms with Crippen LogP contribution in [0.4, 0.5) is 5.69 Å². The Morgan fingerprint density at radius 3 is 1.40 bits per heavy atom. The predicted molar refractivity (Wildman–Crippen MR) is 208 cm³/mol. The van der Waals surface area contributed by atoms with E-state index >= 15 is 0 Å². The summed E-state index contributed by atoms with van der Waals surface area (Å²) < 4.78 is 64.8. The van der Waals surface area contributed by atoms with Gasteiger partial charge in [-0.3, -0.25) is 9.05 Å². The van der Waals surface area contributed by atoms with Gasteiger partial charge in [-0.05, 0) is 55.4 Å². The van der Waals surface area contributed by atoms with E-state index in [0.29, 0.717) is 32.2 Å². The number of phosphoric ester groups is 2. The van der Waals surface area contributed by atoms with Crippen LogP contribution in [0.2, 0.25) is 0 Å². The molecule has 0 spiro atoms. The quantitative estimate of drug-likeness (QED) is 0.0243. The SMILES string of the molecule is O=P(O)(O)OCCCCCCCCCCN(CCCCCCCCCCOP(=O)(O)O)c1ccc(/C=C/c2cc[n+](CCCCS(=O)(=O)[O-])cc2)cc1. The normalized spacial score (nSPS) is 12.5. The van der Waals surface area contributed by atoms with Gasteiger partial charge in [-0.2, -0.15) is 0 Å². The van der Waals surface area contributed by atoms with E-state index in [0.717, 1.165) is 114 Å². The summed E-state index contributed by atoms with van der Waals surface area (Å²) in [6.07, 6.45) is 25.6. The molecule has 0 unspecified atom stereocenters. The number of anilines is 1. The second-order valence-corrected chi connectivity index (χ2v) is 17.6. The molecule has 2 aromatic rings. The van der Waals surface area contributed by atoms with E-state index in [1.165, 1.54) is 5.69 Å². The summed E-state index contributed by atoms with van der Waals surface area (Å²) in [7, 11) is -12.9. The van der Waals surface area contributed by atoms with Crippen molar-refractivity contribution in [2.45, 2.75) is 122 Å². The first-order valence-electron chi connectivity index (χ1n) is 19.1. The molecular weight excluding hydrogens is 742 g/mol. The lowest BCUT2D eigenvalue weighted by Gasteiger charge is -2.25. The van der Waals surface area contributed by atoms with E-state index < -0.39 is 25.8 Å². The van der Waals surface area contributed by atoms with Gasteiger partial charge in [0.2, 0.25) is 0 Å². The average Bonchev–Trinajstić information content (AvgIpc) is 3.09. The highest BCUT2D eigenvalue weighted by Crippen LogP contribution is 2.36. The molecule has 0 saturated heterocycles. The standard InChI is InChI=1S/C37H62N2O11P2S/c40-51(41,42)49-32-16-11-7-3-1-5-9-13-28-39(29-14-10-6-2-4-8-12-17-33-50-52(43,44)45)37-23-21-35(22-24-37)19-20-36-25-30-38(31-26-36)27-15-18-34-53(46,47)48/h19-26,30-31H,1-18,27-29,32-34H2,(H4-,40,41,42,43,44,45,46,47,48). The lowest BCUT2D eigenvalue weighted by molar-refractivity contribution is -0.697. The van der Waals surface area contributed by atoms with Crippen LogP contribution in [0.1, 0.15) is 127 Å². The molecule has 0 fully saturated rings. The fraction of sp³-hybridized carbons (Fsp3) is 0.649. The first-order valence-corrected chi connectivity index (χ1v) is 23.7. The zero-order valence-electron chi connectivity index (χ0n) is 31.1. The number of hydrogen-bond acceptors (Lipinski definition) is 8. The molecule has 0 aliphatic rings. The van der Waals surface area contributed by atoms with Crippen molar-refractivity contribution < 1.29 is 55.3 Å². The van der Waals surface area contributed by atoms with Crippen LogP contribution in [0.5, 0.6) is 0 Å². The van der Waals surface area contributed by atoms with Crippen LogP contribution in [-0.2, 0) is 34.8 Å². The summed E-state index contributed by atoms with van der Waals surface area (Å²) in [6.45, 7) is 2.82. The molecular formula is C37H62N2O11P2S. The molecule has 0 amide bonds. The monoisotopic (exact) mass is 804 g/mol. The molecule has 302 valence electrons. The highest BCUT2D eigenvalue weighted by molar-refractivity contribution is 7.85. The van der Waals surface area contributed by atoms with Gasteiger partial charge in [0, 0.05) is 43.1 Å². The third kappa shape index (κ3) is 27.3. The van der Waals surface area contributed by atoms with E-state index in [4.69, 9.17) is 19.6 Å². The Hall–Kier alpha value is -1.96. The predicted octanol–water partition coefficient (Wildman–Crippen LogP) is 7.74. The molecule has 0 atom stereocenters. The second kappa shape index (κ2) is 26.8. The van der Waals surface area contributed by atoms with Gasteiger partial charge in [0.05, 0.1) is 23.3 Å². The van der Waals surface area contributed by atoms with Crippen LogP contribution in [0.25, 0.3) is 12.2 Å². The molecule has 1 aromatic carbocycles. The topological polar surface area (TPSA) is 198 Å². The number of aryl methyl sites for hydroxylation is 1. The number of hydrogen-bond donors (Lipinski definition) is 4. The summed E-state index contributed by atoms with van der Waals surface area (Å²) in [5, 5.41) is 0. The summed E-state index contributed by atoms with van der Waals surface area (Å²) in [5.41, 5.74) is 3.37. The smallest absolute Gasteiger partial charge is 0.469 e. The van der Waals surface area contributed by atoms with Gasteiger partial charge >= 0.3 is 15.6 Å². The summed E-state index contributed by atoms with van der Waals surface area (Å²) in [6, 6.07) is 12.7. The fourth-order valence-corrected chi connectivity index (χ4v) is 7.25. The molecule has 2 rings (SSSR count). The maximum absolute atomic E-state index is 10.8. The number of unbranched alkanes of at least 4 members (excludes halogenated alkanes) is 15. The van der Waals surface area contributed by atoms with Gasteiger partial charge in [0.1, 0.15) is 6.54 Å². The molecule has 0 radical (unpaired) electrons. The third-order valence-electron chi connectivity index (χ3n) is 8.87. The molecule has 0 bridgehead atoms. The van der Waals surface area contributed by atoms with Crippen LogP contribution >= 0.6 is 15.6 Å². The van der Waals surface area contributed by atoms with Crippen LogP contribution in [0.3, 0.4) is 0 Å². The van der Waals surface area contributed by atoms with Crippen molar-refractivity contribution in [2.24, 2.45) is 0 Å². The first kappa shape index (κ1) is 47.2. The van der Waals surface area contributed by atoms with E-state index in [2.05, 4.69) is 50.4 Å². The Morgan fingerprint density at radius 1 is 0.585 bits per heavy atom. The molecule has 16 heteroatoms. The van der Waals surface area contributed by atoms with Crippen molar-refractivity contribution >= 4 is 43.6 Å². The molecule has 1 heterocycles. The molecule has 1 aromatic heterocycles. The lowest BCUT2D eigenvalue weighted by Crippen LogP contribution is -2.32. The van der Waals surface area contributed by atoms with Gasteiger partial charge < -0.3 is 29.0 Å². The second-order valence-electron chi connectivity index (χ2n) is 13.6. The zero-order valence-corrected chi connectivity index (χ0v) is 33.7. The molecule has 4 N–H and O–H groups in total. The summed E-state index contributed by atoms with van der Waals surface area (Å²) >= 11 is 0. The number of phosphoric acid groups is 2. The van der Waals surface area contributed by atoms with Gasteiger partial charge in [0.15, 0.2) is 12.4 Å². The summed E-state index contributed by atoms with van der Waals surface area (Å²) in [5.74, 6) is -0.328. The van der Waals surface area contributed by atoms with E-state index in [1.54, 1.807) is 0 Å². The van der Waals surface area contributed by atoms with Crippen molar-refractivity contribution in [2.75, 3.05) is 37.0 Å². The van der Waals surface area contributed by atoms with Crippen molar-refractivity contribution in [3.05, 3.63) is 59.9 Å². The lowest BCUT2D eigenvalue weighted by atomic mass is 10.1. The molecule has 0 aliphatic heterocycles. The number of benzene rings is 1. The molecule has 0 saturated carbocycles. The minimum absolute atomic E-state index is 0.0935. The minimum Gasteiger partial charge on any atom is -0.748 e. The number of rotatable bonds is 32. The van der Waals surface area contributed by atoms with Gasteiger partial charge in [-0.25, -0.2) is 22.1 Å².